The highest BCUT2D eigenvalue weighted by molar-refractivity contribution is 6.30. The molecule has 1 fully saturated rings. The van der Waals surface area contributed by atoms with Gasteiger partial charge in [0.2, 0.25) is 5.91 Å². The van der Waals surface area contributed by atoms with Gasteiger partial charge in [0, 0.05) is 49.6 Å². The van der Waals surface area contributed by atoms with Crippen molar-refractivity contribution in [3.8, 4) is 0 Å². The Balaban J connectivity index is 1.43. The van der Waals surface area contributed by atoms with E-state index in [4.69, 9.17) is 11.6 Å². The number of amides is 1. The van der Waals surface area contributed by atoms with E-state index in [-0.39, 0.29) is 5.91 Å². The largest absolute Gasteiger partial charge is 0.368 e. The normalized spacial score (nSPS) is 14.7. The molecule has 1 aromatic heterocycles. The fourth-order valence-corrected chi connectivity index (χ4v) is 2.98. The third-order valence-electron chi connectivity index (χ3n) is 4.11. The van der Waals surface area contributed by atoms with E-state index >= 15 is 0 Å². The lowest BCUT2D eigenvalue weighted by molar-refractivity contribution is -0.130. The summed E-state index contributed by atoms with van der Waals surface area (Å²) in [6.07, 6.45) is 1.76. The number of anilines is 1. The molecule has 0 bridgehead atoms. The molecule has 1 aliphatic rings. The van der Waals surface area contributed by atoms with Crippen molar-refractivity contribution in [2.45, 2.75) is 6.54 Å². The molecule has 0 radical (unpaired) electrons. The minimum Gasteiger partial charge on any atom is -0.368 e. The zero-order valence-corrected chi connectivity index (χ0v) is 14.2. The molecule has 0 unspecified atom stereocenters. The van der Waals surface area contributed by atoms with Crippen LogP contribution < -0.4 is 10.2 Å². The van der Waals surface area contributed by atoms with Crippen LogP contribution in [0.3, 0.4) is 0 Å². The second kappa shape index (κ2) is 8.13. The van der Waals surface area contributed by atoms with E-state index in [9.17, 15) is 4.79 Å². The summed E-state index contributed by atoms with van der Waals surface area (Å²) < 4.78 is 0. The van der Waals surface area contributed by atoms with Gasteiger partial charge in [0.05, 0.1) is 12.2 Å². The molecule has 2 heterocycles. The monoisotopic (exact) mass is 344 g/mol. The Morgan fingerprint density at radius 1 is 1.12 bits per heavy atom. The molecule has 1 saturated heterocycles. The molecule has 6 heteroatoms. The molecule has 0 spiro atoms. The lowest BCUT2D eigenvalue weighted by Gasteiger charge is -2.36. The minimum absolute atomic E-state index is 0.136. The fraction of sp³-hybridized carbons (Fsp3) is 0.333. The van der Waals surface area contributed by atoms with Gasteiger partial charge >= 0.3 is 0 Å². The van der Waals surface area contributed by atoms with Gasteiger partial charge in [-0.1, -0.05) is 23.7 Å². The number of nitrogens with zero attached hydrogens (tertiary/aromatic N) is 3. The first-order valence-electron chi connectivity index (χ1n) is 8.11. The third kappa shape index (κ3) is 4.46. The van der Waals surface area contributed by atoms with Crippen LogP contribution in [0.2, 0.25) is 5.02 Å². The maximum Gasteiger partial charge on any atom is 0.236 e. The number of hydrogen-bond donors (Lipinski definition) is 1. The van der Waals surface area contributed by atoms with Gasteiger partial charge in [-0.15, -0.1) is 0 Å². The van der Waals surface area contributed by atoms with E-state index in [1.807, 2.05) is 41.3 Å². The van der Waals surface area contributed by atoms with Crippen LogP contribution in [0.5, 0.6) is 0 Å². The van der Waals surface area contributed by atoms with Crippen molar-refractivity contribution >= 4 is 23.2 Å². The minimum atomic E-state index is 0.136. The fourth-order valence-electron chi connectivity index (χ4n) is 2.80. The Bertz CT molecular complexity index is 672. The van der Waals surface area contributed by atoms with Crippen molar-refractivity contribution < 1.29 is 4.79 Å². The van der Waals surface area contributed by atoms with Gasteiger partial charge < -0.3 is 15.1 Å². The number of carbonyl (C=O) groups excluding carboxylic acids is 1. The molecule has 1 aromatic carbocycles. The molecule has 2 aromatic rings. The molecule has 1 aliphatic heterocycles. The maximum absolute atomic E-state index is 12.3. The standard InChI is InChI=1S/C18H21ClN4O/c19-15-4-3-6-17(12-15)22-8-10-23(11-9-22)18(24)14-20-13-16-5-1-2-7-21-16/h1-7,12,20H,8-11,13-14H2. The van der Waals surface area contributed by atoms with Crippen LogP contribution in [0.4, 0.5) is 5.69 Å². The van der Waals surface area contributed by atoms with E-state index < -0.39 is 0 Å². The van der Waals surface area contributed by atoms with Crippen LogP contribution in [-0.4, -0.2) is 48.5 Å². The van der Waals surface area contributed by atoms with Gasteiger partial charge in [-0.05, 0) is 30.3 Å². The summed E-state index contributed by atoms with van der Waals surface area (Å²) in [5.74, 6) is 0.136. The number of carbonyl (C=O) groups is 1. The molecule has 0 aliphatic carbocycles. The van der Waals surface area contributed by atoms with Crippen molar-refractivity contribution in [1.29, 1.82) is 0 Å². The summed E-state index contributed by atoms with van der Waals surface area (Å²) in [5, 5.41) is 3.90. The quantitative estimate of drug-likeness (QED) is 0.903. The predicted octanol–water partition coefficient (Wildman–Crippen LogP) is 2.17. The average Bonchev–Trinajstić information content (AvgIpc) is 2.63. The first-order chi connectivity index (χ1) is 11.7. The number of pyridine rings is 1. The highest BCUT2D eigenvalue weighted by Gasteiger charge is 2.21. The average molecular weight is 345 g/mol. The lowest BCUT2D eigenvalue weighted by atomic mass is 10.2. The van der Waals surface area contributed by atoms with Gasteiger partial charge in [0.15, 0.2) is 0 Å². The van der Waals surface area contributed by atoms with Gasteiger partial charge in [-0.2, -0.15) is 0 Å². The smallest absolute Gasteiger partial charge is 0.236 e. The van der Waals surface area contributed by atoms with Crippen LogP contribution >= 0.6 is 11.6 Å². The zero-order chi connectivity index (χ0) is 16.8. The number of benzene rings is 1. The second-order valence-corrected chi connectivity index (χ2v) is 6.21. The first kappa shape index (κ1) is 16.7. The van der Waals surface area contributed by atoms with E-state index in [0.29, 0.717) is 13.1 Å². The molecular formula is C18H21ClN4O. The van der Waals surface area contributed by atoms with Crippen LogP contribution in [0.1, 0.15) is 5.69 Å². The van der Waals surface area contributed by atoms with Gasteiger partial charge in [-0.3, -0.25) is 9.78 Å². The Hall–Kier alpha value is -2.11. The van der Waals surface area contributed by atoms with Gasteiger partial charge in [-0.25, -0.2) is 0 Å². The second-order valence-electron chi connectivity index (χ2n) is 5.77. The first-order valence-corrected chi connectivity index (χ1v) is 8.49. The number of hydrogen-bond acceptors (Lipinski definition) is 4. The molecule has 0 atom stereocenters. The molecule has 126 valence electrons. The molecular weight excluding hydrogens is 324 g/mol. The number of rotatable bonds is 5. The highest BCUT2D eigenvalue weighted by Crippen LogP contribution is 2.20. The van der Waals surface area contributed by atoms with Crippen molar-refractivity contribution in [3.63, 3.8) is 0 Å². The van der Waals surface area contributed by atoms with E-state index in [1.54, 1.807) is 6.20 Å². The van der Waals surface area contributed by atoms with Crippen molar-refractivity contribution in [3.05, 3.63) is 59.4 Å². The van der Waals surface area contributed by atoms with Gasteiger partial charge in [0.25, 0.3) is 0 Å². The molecule has 1 N–H and O–H groups in total. The summed E-state index contributed by atoms with van der Waals surface area (Å²) in [6.45, 7) is 4.06. The number of halogens is 1. The van der Waals surface area contributed by atoms with Crippen LogP contribution in [0, 0.1) is 0 Å². The maximum atomic E-state index is 12.3. The molecule has 1 amide bonds. The molecule has 3 rings (SSSR count). The number of aromatic nitrogens is 1. The Morgan fingerprint density at radius 2 is 1.96 bits per heavy atom. The topological polar surface area (TPSA) is 48.5 Å². The SMILES string of the molecule is O=C(CNCc1ccccn1)N1CCN(c2cccc(Cl)c2)CC1. The van der Waals surface area contributed by atoms with E-state index in [2.05, 4.69) is 21.3 Å². The summed E-state index contributed by atoms with van der Waals surface area (Å²) in [6, 6.07) is 13.6. The van der Waals surface area contributed by atoms with Crippen molar-refractivity contribution in [2.24, 2.45) is 0 Å². The van der Waals surface area contributed by atoms with Crippen LogP contribution in [0.15, 0.2) is 48.7 Å². The van der Waals surface area contributed by atoms with Crippen molar-refractivity contribution in [2.75, 3.05) is 37.6 Å². The Labute approximate surface area is 147 Å². The van der Waals surface area contributed by atoms with E-state index in [0.717, 1.165) is 42.6 Å². The number of piperazine rings is 1. The molecule has 0 saturated carbocycles. The highest BCUT2D eigenvalue weighted by atomic mass is 35.5. The van der Waals surface area contributed by atoms with Crippen LogP contribution in [0.25, 0.3) is 0 Å². The Morgan fingerprint density at radius 3 is 2.67 bits per heavy atom. The summed E-state index contributed by atoms with van der Waals surface area (Å²) in [5.41, 5.74) is 2.05. The van der Waals surface area contributed by atoms with E-state index in [1.165, 1.54) is 0 Å². The predicted molar refractivity (Wildman–Crippen MR) is 96.2 cm³/mol. The zero-order valence-electron chi connectivity index (χ0n) is 13.5. The summed E-state index contributed by atoms with van der Waals surface area (Å²) in [4.78, 5) is 20.7. The third-order valence-corrected chi connectivity index (χ3v) is 4.35. The van der Waals surface area contributed by atoms with Gasteiger partial charge in [0.1, 0.15) is 0 Å². The number of nitrogens with one attached hydrogen (secondary N) is 1. The van der Waals surface area contributed by atoms with Crippen molar-refractivity contribution in [1.82, 2.24) is 15.2 Å². The Kier molecular flexibility index (Phi) is 5.67. The summed E-state index contributed by atoms with van der Waals surface area (Å²) in [7, 11) is 0. The molecule has 24 heavy (non-hydrogen) atoms. The lowest BCUT2D eigenvalue weighted by Crippen LogP contribution is -2.50. The summed E-state index contributed by atoms with van der Waals surface area (Å²) >= 11 is 6.05. The van der Waals surface area contributed by atoms with Crippen LogP contribution in [-0.2, 0) is 11.3 Å². The molecule has 5 nitrogen and oxygen atoms in total.